The fourth-order valence-electron chi connectivity index (χ4n) is 3.38. The average molecular weight is 269 g/mol. The first-order valence-corrected chi connectivity index (χ1v) is 8.28. The second-order valence-corrected chi connectivity index (χ2v) is 6.23. The lowest BCUT2D eigenvalue weighted by Gasteiger charge is -2.27. The van der Waals surface area contributed by atoms with Gasteiger partial charge in [0.15, 0.2) is 0 Å². The first kappa shape index (κ1) is 15.3. The Morgan fingerprint density at radius 2 is 2.11 bits per heavy atom. The maximum atomic E-state index is 5.95. The van der Waals surface area contributed by atoms with Crippen molar-refractivity contribution in [2.75, 3.05) is 19.8 Å². The number of ether oxygens (including phenoxy) is 2. The second kappa shape index (κ2) is 8.23. The summed E-state index contributed by atoms with van der Waals surface area (Å²) < 4.78 is 11.7. The van der Waals surface area contributed by atoms with Crippen LogP contribution in [-0.2, 0) is 9.47 Å². The Hall–Kier alpha value is -0.120. The number of rotatable bonds is 8. The van der Waals surface area contributed by atoms with Crippen LogP contribution in [0.25, 0.3) is 0 Å². The van der Waals surface area contributed by atoms with Crippen molar-refractivity contribution in [1.82, 2.24) is 5.32 Å². The summed E-state index contributed by atoms with van der Waals surface area (Å²) in [4.78, 5) is 0. The third-order valence-electron chi connectivity index (χ3n) is 4.56. The van der Waals surface area contributed by atoms with Gasteiger partial charge in [0.05, 0.1) is 12.2 Å². The highest BCUT2D eigenvalue weighted by atomic mass is 16.5. The predicted molar refractivity (Wildman–Crippen MR) is 78.4 cm³/mol. The predicted octanol–water partition coefficient (Wildman–Crippen LogP) is 3.13. The van der Waals surface area contributed by atoms with Crippen LogP contribution in [0.15, 0.2) is 0 Å². The molecule has 0 spiro atoms. The lowest BCUT2D eigenvalue weighted by Crippen LogP contribution is -2.42. The van der Waals surface area contributed by atoms with Crippen LogP contribution in [0, 0.1) is 5.92 Å². The maximum Gasteiger partial charge on any atom is 0.0754 e. The van der Waals surface area contributed by atoms with Crippen molar-refractivity contribution < 1.29 is 9.47 Å². The molecule has 2 rings (SSSR count). The molecule has 2 fully saturated rings. The van der Waals surface area contributed by atoms with Crippen LogP contribution in [0.2, 0.25) is 0 Å². The van der Waals surface area contributed by atoms with Crippen LogP contribution < -0.4 is 5.32 Å². The number of hydrogen-bond acceptors (Lipinski definition) is 3. The van der Waals surface area contributed by atoms with E-state index in [1.165, 1.54) is 44.9 Å². The summed E-state index contributed by atoms with van der Waals surface area (Å²) in [6.07, 6.45) is 9.63. The Morgan fingerprint density at radius 3 is 2.74 bits per heavy atom. The molecule has 2 aliphatic rings. The van der Waals surface area contributed by atoms with Gasteiger partial charge in [-0.3, -0.25) is 0 Å². The molecule has 2 heterocycles. The highest BCUT2D eigenvalue weighted by Gasteiger charge is 2.31. The summed E-state index contributed by atoms with van der Waals surface area (Å²) in [6.45, 7) is 7.59. The molecule has 1 N–H and O–H groups in total. The molecule has 19 heavy (non-hydrogen) atoms. The smallest absolute Gasteiger partial charge is 0.0754 e. The van der Waals surface area contributed by atoms with Gasteiger partial charge in [0.1, 0.15) is 0 Å². The van der Waals surface area contributed by atoms with Crippen LogP contribution in [0.4, 0.5) is 0 Å². The van der Waals surface area contributed by atoms with E-state index in [-0.39, 0.29) is 0 Å². The largest absolute Gasteiger partial charge is 0.378 e. The Balaban J connectivity index is 1.72. The van der Waals surface area contributed by atoms with Crippen LogP contribution in [0.3, 0.4) is 0 Å². The molecule has 4 atom stereocenters. The fraction of sp³-hybridized carbons (Fsp3) is 1.00. The van der Waals surface area contributed by atoms with E-state index in [4.69, 9.17) is 9.47 Å². The topological polar surface area (TPSA) is 30.5 Å². The molecule has 3 nitrogen and oxygen atoms in total. The Labute approximate surface area is 118 Å². The lowest BCUT2D eigenvalue weighted by atomic mass is 9.93. The van der Waals surface area contributed by atoms with Gasteiger partial charge in [-0.05, 0) is 57.4 Å². The molecule has 0 aliphatic carbocycles. The Kier molecular flexibility index (Phi) is 6.62. The summed E-state index contributed by atoms with van der Waals surface area (Å²) in [5.41, 5.74) is 0. The zero-order chi connectivity index (χ0) is 13.5. The standard InChI is InChI=1S/C16H31NO2/c1-3-10-17-15(16-13(2)9-12-19-16)8-4-6-14-7-5-11-18-14/h13-17H,3-12H2,1-2H3. The van der Waals surface area contributed by atoms with Crippen molar-refractivity contribution in [2.24, 2.45) is 5.92 Å². The van der Waals surface area contributed by atoms with Gasteiger partial charge in [0.2, 0.25) is 0 Å². The molecule has 0 amide bonds. The van der Waals surface area contributed by atoms with Gasteiger partial charge in [0, 0.05) is 19.3 Å². The highest BCUT2D eigenvalue weighted by molar-refractivity contribution is 4.85. The quantitative estimate of drug-likeness (QED) is 0.734. The van der Waals surface area contributed by atoms with Gasteiger partial charge in [-0.15, -0.1) is 0 Å². The third kappa shape index (κ3) is 4.73. The van der Waals surface area contributed by atoms with E-state index in [0.29, 0.717) is 24.2 Å². The second-order valence-electron chi connectivity index (χ2n) is 6.23. The molecule has 2 saturated heterocycles. The van der Waals surface area contributed by atoms with Crippen molar-refractivity contribution in [3.63, 3.8) is 0 Å². The summed E-state index contributed by atoms with van der Waals surface area (Å²) in [5.74, 6) is 0.706. The summed E-state index contributed by atoms with van der Waals surface area (Å²) in [5, 5.41) is 3.70. The monoisotopic (exact) mass is 269 g/mol. The average Bonchev–Trinajstić information content (AvgIpc) is 3.05. The zero-order valence-electron chi connectivity index (χ0n) is 12.7. The molecular weight excluding hydrogens is 238 g/mol. The van der Waals surface area contributed by atoms with Gasteiger partial charge in [-0.25, -0.2) is 0 Å². The summed E-state index contributed by atoms with van der Waals surface area (Å²) >= 11 is 0. The van der Waals surface area contributed by atoms with Crippen LogP contribution >= 0.6 is 0 Å². The minimum absolute atomic E-state index is 0.427. The van der Waals surface area contributed by atoms with Crippen molar-refractivity contribution in [3.05, 3.63) is 0 Å². The number of nitrogens with one attached hydrogen (secondary N) is 1. The van der Waals surface area contributed by atoms with E-state index in [2.05, 4.69) is 19.2 Å². The molecule has 0 saturated carbocycles. The summed E-state index contributed by atoms with van der Waals surface area (Å²) in [7, 11) is 0. The zero-order valence-corrected chi connectivity index (χ0v) is 12.7. The van der Waals surface area contributed by atoms with Gasteiger partial charge in [0.25, 0.3) is 0 Å². The van der Waals surface area contributed by atoms with E-state index >= 15 is 0 Å². The normalized spacial score (nSPS) is 32.8. The molecule has 0 aromatic carbocycles. The first-order valence-electron chi connectivity index (χ1n) is 8.28. The molecule has 3 heteroatoms. The SMILES string of the molecule is CCCNC(CCCC1CCCO1)C1OCCC1C. The molecule has 0 bridgehead atoms. The summed E-state index contributed by atoms with van der Waals surface area (Å²) in [6, 6.07) is 0.541. The van der Waals surface area contributed by atoms with Crippen molar-refractivity contribution in [1.29, 1.82) is 0 Å². The van der Waals surface area contributed by atoms with Gasteiger partial charge in [-0.2, -0.15) is 0 Å². The molecule has 0 radical (unpaired) electrons. The van der Waals surface area contributed by atoms with Crippen LogP contribution in [-0.4, -0.2) is 38.0 Å². The van der Waals surface area contributed by atoms with E-state index in [1.807, 2.05) is 0 Å². The van der Waals surface area contributed by atoms with E-state index in [9.17, 15) is 0 Å². The highest BCUT2D eigenvalue weighted by Crippen LogP contribution is 2.26. The Bertz CT molecular complexity index is 241. The fourth-order valence-corrected chi connectivity index (χ4v) is 3.38. The molecule has 2 aliphatic heterocycles. The van der Waals surface area contributed by atoms with E-state index in [1.54, 1.807) is 0 Å². The molecule has 0 aromatic heterocycles. The van der Waals surface area contributed by atoms with Gasteiger partial charge >= 0.3 is 0 Å². The number of hydrogen-bond donors (Lipinski definition) is 1. The van der Waals surface area contributed by atoms with E-state index in [0.717, 1.165) is 19.8 Å². The molecule has 0 aromatic rings. The minimum atomic E-state index is 0.427. The lowest BCUT2D eigenvalue weighted by molar-refractivity contribution is 0.0540. The molecule has 112 valence electrons. The Morgan fingerprint density at radius 1 is 1.21 bits per heavy atom. The van der Waals surface area contributed by atoms with Gasteiger partial charge < -0.3 is 14.8 Å². The molecule has 4 unspecified atom stereocenters. The van der Waals surface area contributed by atoms with Gasteiger partial charge in [-0.1, -0.05) is 13.8 Å². The van der Waals surface area contributed by atoms with Crippen LogP contribution in [0.5, 0.6) is 0 Å². The third-order valence-corrected chi connectivity index (χ3v) is 4.56. The van der Waals surface area contributed by atoms with E-state index < -0.39 is 0 Å². The van der Waals surface area contributed by atoms with Crippen molar-refractivity contribution in [2.45, 2.75) is 77.0 Å². The van der Waals surface area contributed by atoms with Crippen LogP contribution in [0.1, 0.15) is 58.8 Å². The maximum absolute atomic E-state index is 5.95. The first-order chi connectivity index (χ1) is 9.31. The van der Waals surface area contributed by atoms with Crippen molar-refractivity contribution in [3.8, 4) is 0 Å². The molecular formula is C16H31NO2. The minimum Gasteiger partial charge on any atom is -0.378 e. The van der Waals surface area contributed by atoms with Crippen molar-refractivity contribution >= 4 is 0 Å².